The number of amides is 2. The lowest BCUT2D eigenvalue weighted by molar-refractivity contribution is 0.0998. The number of nitrogens with two attached hydrogens (primary N) is 1. The number of rotatable bonds is 4. The fourth-order valence-electron chi connectivity index (χ4n) is 2.35. The normalized spacial score (nSPS) is 10.6. The second-order valence-corrected chi connectivity index (χ2v) is 6.57. The molecule has 26 heavy (non-hydrogen) atoms. The minimum atomic E-state index is -0.958. The number of pyridine rings is 1. The van der Waals surface area contributed by atoms with Crippen LogP contribution in [0.15, 0.2) is 42.7 Å². The van der Waals surface area contributed by atoms with Crippen molar-refractivity contribution >= 4 is 28.8 Å². The zero-order valence-corrected chi connectivity index (χ0v) is 14.4. The molecule has 0 bridgehead atoms. The largest absolute Gasteiger partial charge is 0.366 e. The molecule has 0 aliphatic rings. The molecule has 132 valence electrons. The number of halogens is 2. The van der Waals surface area contributed by atoms with E-state index in [1.807, 2.05) is 6.92 Å². The van der Waals surface area contributed by atoms with Crippen LogP contribution in [-0.4, -0.2) is 16.8 Å². The van der Waals surface area contributed by atoms with E-state index in [1.165, 1.54) is 0 Å². The number of thiophene rings is 1. The van der Waals surface area contributed by atoms with Gasteiger partial charge in [-0.25, -0.2) is 8.78 Å². The fourth-order valence-corrected chi connectivity index (χ4v) is 3.33. The van der Waals surface area contributed by atoms with Crippen molar-refractivity contribution in [2.45, 2.75) is 6.92 Å². The summed E-state index contributed by atoms with van der Waals surface area (Å²) in [4.78, 5) is 28.0. The second kappa shape index (κ2) is 7.01. The molecular formula is C18H13F2N3O2S. The first-order valence-electron chi connectivity index (χ1n) is 7.48. The average molecular weight is 373 g/mol. The lowest BCUT2D eigenvalue weighted by Crippen LogP contribution is -2.13. The molecular weight excluding hydrogens is 360 g/mol. The lowest BCUT2D eigenvalue weighted by atomic mass is 10.0. The van der Waals surface area contributed by atoms with Gasteiger partial charge in [-0.05, 0) is 42.3 Å². The van der Waals surface area contributed by atoms with Crippen LogP contribution in [0.2, 0.25) is 0 Å². The molecule has 0 unspecified atom stereocenters. The van der Waals surface area contributed by atoms with Gasteiger partial charge in [0, 0.05) is 10.4 Å². The molecule has 3 aromatic rings. The van der Waals surface area contributed by atoms with Crippen LogP contribution in [0.25, 0.3) is 10.4 Å². The van der Waals surface area contributed by atoms with Crippen LogP contribution in [0.1, 0.15) is 25.6 Å². The van der Waals surface area contributed by atoms with E-state index in [-0.39, 0.29) is 4.88 Å². The number of aryl methyl sites for hydroxylation is 1. The predicted octanol–water partition coefficient (Wildman–Crippen LogP) is 3.75. The van der Waals surface area contributed by atoms with Crippen molar-refractivity contribution in [2.24, 2.45) is 5.73 Å². The monoisotopic (exact) mass is 373 g/mol. The molecule has 0 atom stereocenters. The van der Waals surface area contributed by atoms with Crippen LogP contribution in [0.3, 0.4) is 0 Å². The Labute approximate surface area is 151 Å². The zero-order chi connectivity index (χ0) is 18.8. The maximum absolute atomic E-state index is 13.6. The third-order valence-corrected chi connectivity index (χ3v) is 4.83. The first kappa shape index (κ1) is 17.7. The fraction of sp³-hybridized carbons (Fsp3) is 0.0556. The number of hydrogen-bond donors (Lipinski definition) is 2. The molecule has 8 heteroatoms. The molecule has 0 saturated carbocycles. The topological polar surface area (TPSA) is 85.1 Å². The van der Waals surface area contributed by atoms with Gasteiger partial charge >= 0.3 is 0 Å². The quantitative estimate of drug-likeness (QED) is 0.730. The number of primary amides is 1. The third kappa shape index (κ3) is 3.45. The van der Waals surface area contributed by atoms with Crippen molar-refractivity contribution in [3.63, 3.8) is 0 Å². The Bertz CT molecular complexity index is 997. The van der Waals surface area contributed by atoms with Crippen molar-refractivity contribution in [1.29, 1.82) is 0 Å². The minimum Gasteiger partial charge on any atom is -0.366 e. The number of hydrogen-bond acceptors (Lipinski definition) is 4. The number of aromatic nitrogens is 1. The molecule has 2 aromatic heterocycles. The van der Waals surface area contributed by atoms with Crippen LogP contribution in [-0.2, 0) is 0 Å². The summed E-state index contributed by atoms with van der Waals surface area (Å²) in [6.07, 6.45) is 1.63. The summed E-state index contributed by atoms with van der Waals surface area (Å²) in [6, 6.07) is 8.27. The SMILES string of the molecule is Cc1ccc(C(N)=O)cc1-c1ccc(C(=O)Nc2c(F)cncc2F)s1. The number of carbonyl (C=O) groups is 2. The molecule has 3 rings (SSSR count). The molecule has 3 N–H and O–H groups in total. The van der Waals surface area contributed by atoms with E-state index in [1.54, 1.807) is 30.3 Å². The average Bonchev–Trinajstić information content (AvgIpc) is 3.08. The van der Waals surface area contributed by atoms with Gasteiger partial charge in [-0.2, -0.15) is 0 Å². The standard InChI is InChI=1S/C18H13F2N3O2S/c1-9-2-3-10(17(21)24)6-11(9)14-4-5-15(26-14)18(25)23-16-12(19)7-22-8-13(16)20/h2-8H,1H3,(H2,21,24)(H,22,23,25). The van der Waals surface area contributed by atoms with E-state index in [2.05, 4.69) is 10.3 Å². The molecule has 0 fully saturated rings. The van der Waals surface area contributed by atoms with Gasteiger partial charge in [0.2, 0.25) is 5.91 Å². The van der Waals surface area contributed by atoms with Gasteiger partial charge < -0.3 is 11.1 Å². The van der Waals surface area contributed by atoms with E-state index in [9.17, 15) is 18.4 Å². The molecule has 1 aromatic carbocycles. The zero-order valence-electron chi connectivity index (χ0n) is 13.5. The Morgan fingerprint density at radius 3 is 2.46 bits per heavy atom. The van der Waals surface area contributed by atoms with Crippen LogP contribution >= 0.6 is 11.3 Å². The molecule has 0 spiro atoms. The molecule has 0 aliphatic heterocycles. The molecule has 0 aliphatic carbocycles. The van der Waals surface area contributed by atoms with Gasteiger partial charge in [-0.3, -0.25) is 14.6 Å². The van der Waals surface area contributed by atoms with Crippen LogP contribution in [0.4, 0.5) is 14.5 Å². The summed E-state index contributed by atoms with van der Waals surface area (Å²) in [7, 11) is 0. The number of benzene rings is 1. The van der Waals surface area contributed by atoms with Gasteiger partial charge in [0.25, 0.3) is 5.91 Å². The number of anilines is 1. The Morgan fingerprint density at radius 2 is 1.81 bits per heavy atom. The van der Waals surface area contributed by atoms with Crippen molar-refractivity contribution in [2.75, 3.05) is 5.32 Å². The van der Waals surface area contributed by atoms with Crippen molar-refractivity contribution in [3.8, 4) is 10.4 Å². The highest BCUT2D eigenvalue weighted by Crippen LogP contribution is 2.32. The Morgan fingerprint density at radius 1 is 1.12 bits per heavy atom. The van der Waals surface area contributed by atoms with Crippen molar-refractivity contribution < 1.29 is 18.4 Å². The van der Waals surface area contributed by atoms with E-state index < -0.39 is 29.1 Å². The van der Waals surface area contributed by atoms with E-state index in [0.717, 1.165) is 39.7 Å². The maximum Gasteiger partial charge on any atom is 0.265 e. The molecule has 0 radical (unpaired) electrons. The van der Waals surface area contributed by atoms with Crippen molar-refractivity contribution in [3.05, 3.63) is 70.4 Å². The highest BCUT2D eigenvalue weighted by atomic mass is 32.1. The summed E-state index contributed by atoms with van der Waals surface area (Å²) >= 11 is 1.13. The van der Waals surface area contributed by atoms with Crippen LogP contribution < -0.4 is 11.1 Å². The van der Waals surface area contributed by atoms with Crippen LogP contribution in [0, 0.1) is 18.6 Å². The first-order valence-corrected chi connectivity index (χ1v) is 8.29. The summed E-state index contributed by atoms with van der Waals surface area (Å²) in [5.74, 6) is -3.11. The van der Waals surface area contributed by atoms with Gasteiger partial charge in [0.1, 0.15) is 5.69 Å². The van der Waals surface area contributed by atoms with Gasteiger partial charge in [-0.15, -0.1) is 11.3 Å². The van der Waals surface area contributed by atoms with Gasteiger partial charge in [0.15, 0.2) is 11.6 Å². The predicted molar refractivity (Wildman–Crippen MR) is 95.1 cm³/mol. The van der Waals surface area contributed by atoms with Gasteiger partial charge in [0.05, 0.1) is 17.3 Å². The molecule has 2 heterocycles. The number of carbonyl (C=O) groups excluding carboxylic acids is 2. The maximum atomic E-state index is 13.6. The van der Waals surface area contributed by atoms with E-state index in [0.29, 0.717) is 5.56 Å². The smallest absolute Gasteiger partial charge is 0.265 e. The van der Waals surface area contributed by atoms with Crippen LogP contribution in [0.5, 0.6) is 0 Å². The Hall–Kier alpha value is -3.13. The summed E-state index contributed by atoms with van der Waals surface area (Å²) in [6.45, 7) is 1.86. The minimum absolute atomic E-state index is 0.263. The van der Waals surface area contributed by atoms with Gasteiger partial charge in [-0.1, -0.05) is 6.07 Å². The van der Waals surface area contributed by atoms with Crippen molar-refractivity contribution in [1.82, 2.24) is 4.98 Å². The lowest BCUT2D eigenvalue weighted by Gasteiger charge is -2.06. The highest BCUT2D eigenvalue weighted by Gasteiger charge is 2.17. The Balaban J connectivity index is 1.90. The van der Waals surface area contributed by atoms with E-state index in [4.69, 9.17) is 5.73 Å². The molecule has 2 amide bonds. The molecule has 0 saturated heterocycles. The second-order valence-electron chi connectivity index (χ2n) is 5.49. The summed E-state index contributed by atoms with van der Waals surface area (Å²) in [5.41, 5.74) is 6.76. The highest BCUT2D eigenvalue weighted by molar-refractivity contribution is 7.17. The Kier molecular flexibility index (Phi) is 4.77. The number of nitrogens with one attached hydrogen (secondary N) is 1. The summed E-state index contributed by atoms with van der Waals surface area (Å²) in [5, 5.41) is 2.21. The van der Waals surface area contributed by atoms with E-state index >= 15 is 0 Å². The molecule has 5 nitrogen and oxygen atoms in total. The number of nitrogens with zero attached hydrogens (tertiary/aromatic N) is 1. The first-order chi connectivity index (χ1) is 12.4. The summed E-state index contributed by atoms with van der Waals surface area (Å²) < 4.78 is 27.2. The third-order valence-electron chi connectivity index (χ3n) is 3.71.